The third-order valence-electron chi connectivity index (χ3n) is 4.22. The highest BCUT2D eigenvalue weighted by molar-refractivity contribution is 6.42. The number of halogens is 10. The zero-order chi connectivity index (χ0) is 23.2. The molecule has 14 heteroatoms. The molecule has 0 fully saturated rings. The van der Waals surface area contributed by atoms with Gasteiger partial charge >= 0.3 is 18.5 Å². The summed E-state index contributed by atoms with van der Waals surface area (Å²) in [4.78, 5) is 13.3. The Morgan fingerprint density at radius 3 is 2.00 bits per heavy atom. The first-order chi connectivity index (χ1) is 13.5. The van der Waals surface area contributed by atoms with Gasteiger partial charge in [-0.2, -0.15) is 39.5 Å². The van der Waals surface area contributed by atoms with Crippen LogP contribution in [0.5, 0.6) is 0 Å². The fourth-order valence-corrected chi connectivity index (χ4v) is 3.21. The molecule has 1 aliphatic heterocycles. The number of nitrogens with one attached hydrogen (secondary N) is 1. The molecule has 4 nitrogen and oxygen atoms in total. The first kappa shape index (κ1) is 24.0. The number of carbonyl (C=O) groups is 1. The van der Waals surface area contributed by atoms with Crippen LogP contribution in [0, 0.1) is 0 Å². The van der Waals surface area contributed by atoms with E-state index in [1.165, 1.54) is 6.92 Å². The summed E-state index contributed by atoms with van der Waals surface area (Å²) in [7, 11) is 0.829. The second-order valence-corrected chi connectivity index (χ2v) is 6.51. The van der Waals surface area contributed by atoms with Crippen LogP contribution in [0.1, 0.15) is 18.1 Å². The van der Waals surface area contributed by atoms with Gasteiger partial charge in [-0.3, -0.25) is 4.79 Å². The number of benzene rings is 1. The number of carbonyl (C=O) groups excluding carboxylic acids is 1. The molecular weight excluding hydrogens is 457 g/mol. The van der Waals surface area contributed by atoms with Gasteiger partial charge in [0.2, 0.25) is 0 Å². The number of amides is 1. The number of hydrogen-bond donors (Lipinski definition) is 1. The van der Waals surface area contributed by atoms with Crippen LogP contribution in [0.3, 0.4) is 0 Å². The van der Waals surface area contributed by atoms with Crippen LogP contribution in [0.4, 0.5) is 45.2 Å². The van der Waals surface area contributed by atoms with Crippen LogP contribution >= 0.6 is 11.6 Å². The molecule has 168 valence electrons. The summed E-state index contributed by atoms with van der Waals surface area (Å²) in [5.74, 6) is -1.30. The molecule has 1 aliphatic rings. The maximum atomic E-state index is 13.3. The third kappa shape index (κ3) is 4.55. The van der Waals surface area contributed by atoms with Gasteiger partial charge in [-0.1, -0.05) is 11.6 Å². The normalized spacial score (nSPS) is 18.9. The molecule has 1 aromatic rings. The Kier molecular flexibility index (Phi) is 6.19. The molecule has 2 rings (SSSR count). The predicted octanol–water partition coefficient (Wildman–Crippen LogP) is 5.23. The van der Waals surface area contributed by atoms with Crippen LogP contribution < -0.4 is 5.32 Å². The van der Waals surface area contributed by atoms with Gasteiger partial charge in [-0.25, -0.2) is 0 Å². The van der Waals surface area contributed by atoms with E-state index in [-0.39, 0.29) is 12.6 Å². The van der Waals surface area contributed by atoms with E-state index < -0.39 is 58.3 Å². The van der Waals surface area contributed by atoms with Gasteiger partial charge in [0, 0.05) is 19.3 Å². The van der Waals surface area contributed by atoms with Crippen LogP contribution in [-0.4, -0.2) is 41.8 Å². The number of likely N-dealkylation sites (N-methyl/N-ethyl adjacent to an activating group) is 1. The Morgan fingerprint density at radius 2 is 1.57 bits per heavy atom. The second-order valence-electron chi connectivity index (χ2n) is 6.14. The van der Waals surface area contributed by atoms with E-state index in [9.17, 15) is 44.3 Å². The Labute approximate surface area is 168 Å². The van der Waals surface area contributed by atoms with Gasteiger partial charge in [0.25, 0.3) is 5.91 Å². The summed E-state index contributed by atoms with van der Waals surface area (Å²) in [6.45, 7) is 1.07. The number of allylic oxidation sites excluding steroid dienone is 1. The lowest BCUT2D eigenvalue weighted by Crippen LogP contribution is -2.59. The van der Waals surface area contributed by atoms with Crippen LogP contribution in [0.2, 0.25) is 0 Å². The lowest BCUT2D eigenvalue weighted by Gasteiger charge is -2.44. The molecule has 0 bridgehead atoms. The van der Waals surface area contributed by atoms with E-state index in [0.29, 0.717) is 21.9 Å². The summed E-state index contributed by atoms with van der Waals surface area (Å²) in [6, 6.07) is 0.605. The van der Waals surface area contributed by atoms with Crippen molar-refractivity contribution in [1.29, 1.82) is 0 Å². The molecular formula is C16H13ClF9N3O. The van der Waals surface area contributed by atoms with Crippen molar-refractivity contribution in [3.8, 4) is 0 Å². The zero-order valence-electron chi connectivity index (χ0n) is 15.1. The van der Waals surface area contributed by atoms with E-state index in [4.69, 9.17) is 11.6 Å². The number of hydrogen-bond acceptors (Lipinski definition) is 3. The Morgan fingerprint density at radius 1 is 1.00 bits per heavy atom. The van der Waals surface area contributed by atoms with Gasteiger partial charge in [0.1, 0.15) is 10.7 Å². The van der Waals surface area contributed by atoms with Crippen molar-refractivity contribution < 1.29 is 44.3 Å². The maximum Gasteiger partial charge on any atom is 0.432 e. The first-order valence-electron chi connectivity index (χ1n) is 8.05. The quantitative estimate of drug-likeness (QED) is 0.616. The SMILES string of the molecule is CCN1C(=O)C(Cl)=C(C(F)(F)F)N(C)C1Nc1ccc(C(F)(F)F)cc1C(F)(F)F. The predicted molar refractivity (Wildman–Crippen MR) is 87.9 cm³/mol. The van der Waals surface area contributed by atoms with Crippen molar-refractivity contribution >= 4 is 23.2 Å². The fraction of sp³-hybridized carbons (Fsp3) is 0.438. The van der Waals surface area contributed by atoms with Gasteiger partial charge in [0.15, 0.2) is 6.29 Å². The average Bonchev–Trinajstić information content (AvgIpc) is 2.57. The minimum Gasteiger partial charge on any atom is -0.348 e. The summed E-state index contributed by atoms with van der Waals surface area (Å²) in [5.41, 5.74) is -5.90. The van der Waals surface area contributed by atoms with Crippen molar-refractivity contribution in [2.45, 2.75) is 31.7 Å². The summed E-state index contributed by atoms with van der Waals surface area (Å²) >= 11 is 5.52. The highest BCUT2D eigenvalue weighted by Gasteiger charge is 2.49. The lowest BCUT2D eigenvalue weighted by atomic mass is 10.1. The van der Waals surface area contributed by atoms with Crippen molar-refractivity contribution in [1.82, 2.24) is 9.80 Å². The van der Waals surface area contributed by atoms with E-state index >= 15 is 0 Å². The van der Waals surface area contributed by atoms with E-state index in [2.05, 4.69) is 5.32 Å². The zero-order valence-corrected chi connectivity index (χ0v) is 15.9. The molecule has 0 aromatic heterocycles. The van der Waals surface area contributed by atoms with E-state index in [1.807, 2.05) is 0 Å². The third-order valence-corrected chi connectivity index (χ3v) is 4.56. The Balaban J connectivity index is 2.59. The highest BCUT2D eigenvalue weighted by Crippen LogP contribution is 2.42. The molecule has 1 unspecified atom stereocenters. The van der Waals surface area contributed by atoms with Gasteiger partial charge in [-0.05, 0) is 25.1 Å². The summed E-state index contributed by atoms with van der Waals surface area (Å²) in [6.07, 6.45) is -17.3. The van der Waals surface area contributed by atoms with E-state index in [0.717, 1.165) is 7.05 Å². The monoisotopic (exact) mass is 469 g/mol. The largest absolute Gasteiger partial charge is 0.432 e. The van der Waals surface area contributed by atoms with Crippen LogP contribution in [-0.2, 0) is 17.1 Å². The molecule has 1 N–H and O–H groups in total. The Bertz CT molecular complexity index is 861. The van der Waals surface area contributed by atoms with Crippen molar-refractivity contribution in [3.05, 3.63) is 40.1 Å². The molecule has 30 heavy (non-hydrogen) atoms. The van der Waals surface area contributed by atoms with Crippen LogP contribution in [0.15, 0.2) is 28.9 Å². The molecule has 1 aromatic carbocycles. The van der Waals surface area contributed by atoms with Crippen molar-refractivity contribution in [3.63, 3.8) is 0 Å². The number of alkyl halides is 9. The summed E-state index contributed by atoms with van der Waals surface area (Å²) in [5, 5.41) is 0.903. The average molecular weight is 470 g/mol. The lowest BCUT2D eigenvalue weighted by molar-refractivity contribution is -0.145. The summed E-state index contributed by atoms with van der Waals surface area (Å²) < 4.78 is 118. The van der Waals surface area contributed by atoms with Crippen LogP contribution in [0.25, 0.3) is 0 Å². The molecule has 1 heterocycles. The topological polar surface area (TPSA) is 35.6 Å². The number of anilines is 1. The van der Waals surface area contributed by atoms with Crippen molar-refractivity contribution in [2.24, 2.45) is 0 Å². The fourth-order valence-electron chi connectivity index (χ4n) is 2.86. The number of nitrogens with zero attached hydrogens (tertiary/aromatic N) is 2. The smallest absolute Gasteiger partial charge is 0.348 e. The first-order valence-corrected chi connectivity index (χ1v) is 8.43. The molecule has 1 atom stereocenters. The molecule has 1 amide bonds. The Hall–Kier alpha value is -2.31. The van der Waals surface area contributed by atoms with E-state index in [1.54, 1.807) is 0 Å². The molecule has 0 aliphatic carbocycles. The van der Waals surface area contributed by atoms with Crippen molar-refractivity contribution in [2.75, 3.05) is 18.9 Å². The molecule has 0 saturated heterocycles. The standard InChI is InChI=1S/C16H13ClF9N3O/c1-3-29-12(30)10(17)11(16(24,25)26)28(2)13(29)27-9-5-4-7(14(18,19)20)6-8(9)15(21,22)23/h4-6,13,27H,3H2,1-2H3. The minimum absolute atomic E-state index is 0.170. The second kappa shape index (κ2) is 7.75. The number of rotatable bonds is 3. The van der Waals surface area contributed by atoms with Gasteiger partial charge in [0.05, 0.1) is 11.1 Å². The maximum absolute atomic E-state index is 13.3. The minimum atomic E-state index is -5.27. The van der Waals surface area contributed by atoms with Gasteiger partial charge in [-0.15, -0.1) is 0 Å². The highest BCUT2D eigenvalue weighted by atomic mass is 35.5. The molecule has 0 saturated carbocycles. The van der Waals surface area contributed by atoms with Gasteiger partial charge < -0.3 is 15.1 Å². The molecule has 0 radical (unpaired) electrons. The molecule has 0 spiro atoms.